The van der Waals surface area contributed by atoms with Crippen molar-refractivity contribution in [2.45, 2.75) is 0 Å². The van der Waals surface area contributed by atoms with Crippen LogP contribution in [0.1, 0.15) is 43.0 Å². The average molecular weight is 503 g/mol. The summed E-state index contributed by atoms with van der Waals surface area (Å²) >= 11 is 1.26. The monoisotopic (exact) mass is 502 g/mol. The van der Waals surface area contributed by atoms with E-state index >= 15 is 0 Å². The van der Waals surface area contributed by atoms with Crippen LogP contribution in [-0.4, -0.2) is 25.8 Å². The fraction of sp³-hybridized carbons (Fsp3) is 0.0625. The first-order chi connectivity index (χ1) is 18.1. The molecule has 4 aromatic rings. The Morgan fingerprint density at radius 1 is 0.514 bits per heavy atom. The summed E-state index contributed by atoms with van der Waals surface area (Å²) < 4.78 is 10.9. The molecule has 0 N–H and O–H groups in total. The van der Waals surface area contributed by atoms with E-state index in [0.29, 0.717) is 32.4 Å². The largest absolute Gasteiger partial charge is 0.497 e. The molecule has 0 atom stereocenters. The lowest BCUT2D eigenvalue weighted by Crippen LogP contribution is -2.01. The van der Waals surface area contributed by atoms with Gasteiger partial charge in [-0.25, -0.2) is 0 Å². The van der Waals surface area contributed by atoms with Crippen molar-refractivity contribution in [2.24, 2.45) is 0 Å². The number of carbonyl (C=O) groups is 2. The van der Waals surface area contributed by atoms with Crippen LogP contribution in [0.4, 0.5) is 0 Å². The maximum absolute atomic E-state index is 13.8. The van der Waals surface area contributed by atoms with Gasteiger partial charge in [0.25, 0.3) is 0 Å². The molecule has 0 amide bonds. The zero-order valence-corrected chi connectivity index (χ0v) is 21.1. The van der Waals surface area contributed by atoms with Crippen molar-refractivity contribution in [3.63, 3.8) is 0 Å². The summed E-state index contributed by atoms with van der Waals surface area (Å²) in [5.41, 5.74) is 6.28. The minimum Gasteiger partial charge on any atom is -0.497 e. The van der Waals surface area contributed by atoms with Crippen LogP contribution in [0.15, 0.2) is 107 Å². The number of fused-ring (bicyclic) bond motifs is 2. The molecule has 2 aliphatic rings. The van der Waals surface area contributed by atoms with Gasteiger partial charge in [0.2, 0.25) is 11.6 Å². The summed E-state index contributed by atoms with van der Waals surface area (Å²) in [6, 6.07) is 30.6. The Kier molecular flexibility index (Phi) is 5.78. The number of Topliss-reactive ketones (excluding diaryl/α,β-unsaturated/α-hetero) is 2. The Bertz CT molecular complexity index is 1510. The highest BCUT2D eigenvalue weighted by molar-refractivity contribution is 8.09. The van der Waals surface area contributed by atoms with Crippen LogP contribution in [0.3, 0.4) is 0 Å². The SMILES string of the molecule is COc1ccc2c(c1)C(c1ccccc1)=C(SC1=C(c3ccccc3)c3cc(OC)ccc3C1=O)C2=O. The van der Waals surface area contributed by atoms with Gasteiger partial charge in [0, 0.05) is 22.3 Å². The topological polar surface area (TPSA) is 52.6 Å². The molecule has 0 bridgehead atoms. The molecule has 0 unspecified atom stereocenters. The molecule has 4 nitrogen and oxygen atoms in total. The van der Waals surface area contributed by atoms with Crippen LogP contribution < -0.4 is 9.47 Å². The van der Waals surface area contributed by atoms with E-state index in [-0.39, 0.29) is 11.6 Å². The second kappa shape index (κ2) is 9.26. The molecule has 0 spiro atoms. The second-order valence-corrected chi connectivity index (χ2v) is 9.74. The number of allylic oxidation sites excluding steroid dienone is 2. The van der Waals surface area contributed by atoms with Gasteiger partial charge in [0.1, 0.15) is 11.5 Å². The van der Waals surface area contributed by atoms with Gasteiger partial charge in [-0.3, -0.25) is 9.59 Å². The first-order valence-corrected chi connectivity index (χ1v) is 12.7. The van der Waals surface area contributed by atoms with Crippen molar-refractivity contribution < 1.29 is 19.1 Å². The van der Waals surface area contributed by atoms with E-state index in [4.69, 9.17) is 9.47 Å². The summed E-state index contributed by atoms with van der Waals surface area (Å²) in [6.07, 6.45) is 0. The Morgan fingerprint density at radius 2 is 0.919 bits per heavy atom. The standard InChI is InChI=1S/C32H22O4S/c1-35-21-13-15-23-25(17-21)27(19-9-5-3-6-10-19)31(29(23)33)37-32-28(20-11-7-4-8-12-20)26-18-22(36-2)14-16-24(26)30(32)34/h3-18H,1-2H3. The van der Waals surface area contributed by atoms with Crippen molar-refractivity contribution in [3.05, 3.63) is 140 Å². The molecule has 37 heavy (non-hydrogen) atoms. The van der Waals surface area contributed by atoms with Crippen molar-refractivity contribution in [1.29, 1.82) is 0 Å². The predicted molar refractivity (Wildman–Crippen MR) is 147 cm³/mol. The molecule has 6 rings (SSSR count). The maximum Gasteiger partial charge on any atom is 0.200 e. The van der Waals surface area contributed by atoms with Gasteiger partial charge < -0.3 is 9.47 Å². The number of hydrogen-bond acceptors (Lipinski definition) is 5. The summed E-state index contributed by atoms with van der Waals surface area (Å²) in [5, 5.41) is 0. The van der Waals surface area contributed by atoms with Crippen LogP contribution in [-0.2, 0) is 0 Å². The minimum atomic E-state index is -0.0947. The summed E-state index contributed by atoms with van der Waals surface area (Å²) in [6.45, 7) is 0. The molecular weight excluding hydrogens is 480 g/mol. The van der Waals surface area contributed by atoms with Crippen LogP contribution in [0.2, 0.25) is 0 Å². The molecular formula is C32H22O4S. The number of methoxy groups -OCH3 is 2. The van der Waals surface area contributed by atoms with Gasteiger partial charge in [-0.2, -0.15) is 0 Å². The third kappa shape index (κ3) is 3.79. The van der Waals surface area contributed by atoms with Crippen LogP contribution in [0.5, 0.6) is 11.5 Å². The Morgan fingerprint density at radius 3 is 1.30 bits per heavy atom. The van der Waals surface area contributed by atoms with E-state index < -0.39 is 0 Å². The summed E-state index contributed by atoms with van der Waals surface area (Å²) in [5.74, 6) is 1.16. The molecule has 0 heterocycles. The van der Waals surface area contributed by atoms with Gasteiger partial charge in [-0.1, -0.05) is 72.4 Å². The molecule has 0 aliphatic heterocycles. The smallest absolute Gasteiger partial charge is 0.200 e. The summed E-state index contributed by atoms with van der Waals surface area (Å²) in [7, 11) is 3.22. The molecule has 180 valence electrons. The molecule has 2 aliphatic carbocycles. The average Bonchev–Trinajstić information content (AvgIpc) is 3.39. The van der Waals surface area contributed by atoms with E-state index in [1.54, 1.807) is 38.5 Å². The van der Waals surface area contributed by atoms with Gasteiger partial charge >= 0.3 is 0 Å². The van der Waals surface area contributed by atoms with E-state index in [0.717, 1.165) is 33.4 Å². The molecule has 0 radical (unpaired) electrons. The number of benzene rings is 4. The first-order valence-electron chi connectivity index (χ1n) is 11.8. The molecule has 0 saturated carbocycles. The number of hydrogen-bond donors (Lipinski definition) is 0. The number of thioether (sulfide) groups is 1. The first kappa shape index (κ1) is 23.1. The van der Waals surface area contributed by atoms with Gasteiger partial charge in [-0.05, 0) is 58.7 Å². The number of rotatable bonds is 6. The van der Waals surface area contributed by atoms with Crippen molar-refractivity contribution >= 4 is 34.5 Å². The lowest BCUT2D eigenvalue weighted by atomic mass is 9.99. The van der Waals surface area contributed by atoms with Gasteiger partial charge in [0.05, 0.1) is 24.0 Å². The Labute approximate surface area is 219 Å². The highest BCUT2D eigenvalue weighted by Gasteiger charge is 2.37. The zero-order chi connectivity index (χ0) is 25.5. The van der Waals surface area contributed by atoms with E-state index in [9.17, 15) is 9.59 Å². The van der Waals surface area contributed by atoms with E-state index in [2.05, 4.69) is 0 Å². The maximum atomic E-state index is 13.8. The number of ether oxygens (including phenoxy) is 2. The minimum absolute atomic E-state index is 0.0947. The van der Waals surface area contributed by atoms with Crippen LogP contribution in [0.25, 0.3) is 11.1 Å². The van der Waals surface area contributed by atoms with Crippen LogP contribution >= 0.6 is 11.8 Å². The fourth-order valence-electron chi connectivity index (χ4n) is 4.91. The summed E-state index contributed by atoms with van der Waals surface area (Å²) in [4.78, 5) is 28.7. The van der Waals surface area contributed by atoms with Crippen molar-refractivity contribution in [2.75, 3.05) is 14.2 Å². The van der Waals surface area contributed by atoms with E-state index in [1.807, 2.05) is 72.8 Å². The van der Waals surface area contributed by atoms with Crippen molar-refractivity contribution in [1.82, 2.24) is 0 Å². The Hall–Kier alpha value is -4.35. The fourth-order valence-corrected chi connectivity index (χ4v) is 6.18. The number of carbonyl (C=O) groups excluding carboxylic acids is 2. The van der Waals surface area contributed by atoms with E-state index in [1.165, 1.54) is 11.8 Å². The quantitative estimate of drug-likeness (QED) is 0.283. The third-order valence-corrected chi connectivity index (χ3v) is 7.86. The van der Waals surface area contributed by atoms with Crippen molar-refractivity contribution in [3.8, 4) is 11.5 Å². The van der Waals surface area contributed by atoms with Gasteiger partial charge in [0.15, 0.2) is 0 Å². The van der Waals surface area contributed by atoms with Crippen LogP contribution in [0, 0.1) is 0 Å². The Balaban J connectivity index is 1.58. The number of ketones is 2. The molecule has 5 heteroatoms. The highest BCUT2D eigenvalue weighted by atomic mass is 32.2. The van der Waals surface area contributed by atoms with Gasteiger partial charge in [-0.15, -0.1) is 0 Å². The predicted octanol–water partition coefficient (Wildman–Crippen LogP) is 7.05. The highest BCUT2D eigenvalue weighted by Crippen LogP contribution is 2.51. The third-order valence-electron chi connectivity index (χ3n) is 6.68. The molecule has 0 saturated heterocycles. The normalized spacial score (nSPS) is 14.2. The molecule has 0 fully saturated rings. The molecule has 4 aromatic carbocycles. The molecule has 0 aromatic heterocycles. The second-order valence-electron chi connectivity index (χ2n) is 8.72. The lowest BCUT2D eigenvalue weighted by Gasteiger charge is -2.11. The zero-order valence-electron chi connectivity index (χ0n) is 20.3. The lowest BCUT2D eigenvalue weighted by molar-refractivity contribution is 0.104.